The van der Waals surface area contributed by atoms with Gasteiger partial charge >= 0.3 is 0 Å². The van der Waals surface area contributed by atoms with E-state index in [-0.39, 0.29) is 10.6 Å². The Hall–Kier alpha value is -1.58. The van der Waals surface area contributed by atoms with Gasteiger partial charge in [0.2, 0.25) is 0 Å². The number of fused-ring (bicyclic) bond motifs is 1. The zero-order chi connectivity index (χ0) is 11.1. The van der Waals surface area contributed by atoms with Gasteiger partial charge in [-0.1, -0.05) is 18.6 Å². The van der Waals surface area contributed by atoms with E-state index in [2.05, 4.69) is 5.32 Å². The van der Waals surface area contributed by atoms with Gasteiger partial charge in [-0.05, 0) is 24.3 Å². The minimum atomic E-state index is -0.297. The van der Waals surface area contributed by atoms with E-state index in [0.29, 0.717) is 5.92 Å². The first kappa shape index (κ1) is 9.63. The van der Waals surface area contributed by atoms with Crippen LogP contribution in [0.25, 0.3) is 0 Å². The highest BCUT2D eigenvalue weighted by Gasteiger charge is 2.35. The zero-order valence-electron chi connectivity index (χ0n) is 8.98. The summed E-state index contributed by atoms with van der Waals surface area (Å²) in [4.78, 5) is 10.6. The highest BCUT2D eigenvalue weighted by Crippen LogP contribution is 2.47. The van der Waals surface area contributed by atoms with Crippen molar-refractivity contribution in [3.05, 3.63) is 33.9 Å². The lowest BCUT2D eigenvalue weighted by Gasteiger charge is -2.31. The average Bonchev–Trinajstić information content (AvgIpc) is 2.59. The van der Waals surface area contributed by atoms with E-state index in [9.17, 15) is 10.1 Å². The van der Waals surface area contributed by atoms with Crippen molar-refractivity contribution in [2.24, 2.45) is 5.92 Å². The van der Waals surface area contributed by atoms with Crippen LogP contribution in [0, 0.1) is 16.0 Å². The van der Waals surface area contributed by atoms with Gasteiger partial charge in [-0.25, -0.2) is 0 Å². The fraction of sp³-hybridized carbons (Fsp3) is 0.500. The summed E-state index contributed by atoms with van der Waals surface area (Å²) in [6.45, 7) is 0.866. The number of anilines is 1. The normalized spacial score (nSPS) is 23.4. The molecule has 1 aromatic rings. The number of hydrogen-bond acceptors (Lipinski definition) is 3. The molecule has 1 unspecified atom stereocenters. The minimum absolute atomic E-state index is 0.222. The summed E-state index contributed by atoms with van der Waals surface area (Å²) in [6.07, 6.45) is 3.86. The topological polar surface area (TPSA) is 55.2 Å². The Morgan fingerprint density at radius 1 is 1.38 bits per heavy atom. The Labute approximate surface area is 93.8 Å². The predicted octanol–water partition coefficient (Wildman–Crippen LogP) is 2.90. The summed E-state index contributed by atoms with van der Waals surface area (Å²) in [7, 11) is 0. The number of nitrogens with zero attached hydrogens (tertiary/aromatic N) is 1. The van der Waals surface area contributed by atoms with Crippen LogP contribution in [0.2, 0.25) is 0 Å². The van der Waals surface area contributed by atoms with Crippen LogP contribution < -0.4 is 5.32 Å². The van der Waals surface area contributed by atoms with Crippen molar-refractivity contribution in [2.45, 2.75) is 25.2 Å². The summed E-state index contributed by atoms with van der Waals surface area (Å²) >= 11 is 0. The second-order valence-corrected chi connectivity index (χ2v) is 4.68. The van der Waals surface area contributed by atoms with Crippen LogP contribution in [0.3, 0.4) is 0 Å². The first-order chi connectivity index (χ1) is 7.77. The summed E-state index contributed by atoms with van der Waals surface area (Å²) in [5, 5.41) is 14.1. The van der Waals surface area contributed by atoms with Crippen molar-refractivity contribution < 1.29 is 4.92 Å². The van der Waals surface area contributed by atoms with Gasteiger partial charge in [-0.3, -0.25) is 10.1 Å². The molecule has 0 bridgehead atoms. The van der Waals surface area contributed by atoms with Crippen molar-refractivity contribution in [3.63, 3.8) is 0 Å². The lowest BCUT2D eigenvalue weighted by atomic mass is 9.74. The van der Waals surface area contributed by atoms with Gasteiger partial charge in [0.05, 0.1) is 4.92 Å². The first-order valence-corrected chi connectivity index (χ1v) is 5.78. The molecule has 0 amide bonds. The van der Waals surface area contributed by atoms with Crippen LogP contribution >= 0.6 is 0 Å². The highest BCUT2D eigenvalue weighted by molar-refractivity contribution is 5.70. The molecular formula is C12H14N2O2. The number of benzene rings is 1. The van der Waals surface area contributed by atoms with Gasteiger partial charge in [0.25, 0.3) is 5.69 Å². The quantitative estimate of drug-likeness (QED) is 0.613. The van der Waals surface area contributed by atoms with Gasteiger partial charge in [-0.15, -0.1) is 0 Å². The lowest BCUT2D eigenvalue weighted by Crippen LogP contribution is -2.21. The van der Waals surface area contributed by atoms with Crippen LogP contribution in [-0.2, 0) is 0 Å². The summed E-state index contributed by atoms with van der Waals surface area (Å²) in [5.74, 6) is 1.22. The Morgan fingerprint density at radius 2 is 2.19 bits per heavy atom. The number of hydrogen-bond donors (Lipinski definition) is 1. The van der Waals surface area contributed by atoms with Gasteiger partial charge in [0, 0.05) is 18.5 Å². The Bertz CT molecular complexity index is 441. The van der Waals surface area contributed by atoms with Crippen LogP contribution in [0.15, 0.2) is 18.2 Å². The third kappa shape index (κ3) is 1.29. The molecule has 4 nitrogen and oxygen atoms in total. The van der Waals surface area contributed by atoms with Crippen LogP contribution in [0.1, 0.15) is 30.7 Å². The van der Waals surface area contributed by atoms with Gasteiger partial charge in [0.15, 0.2) is 0 Å². The molecule has 1 atom stereocenters. The monoisotopic (exact) mass is 218 g/mol. The van der Waals surface area contributed by atoms with Crippen molar-refractivity contribution in [1.29, 1.82) is 0 Å². The molecule has 1 aliphatic heterocycles. The molecule has 3 rings (SSSR count). The van der Waals surface area contributed by atoms with Crippen molar-refractivity contribution >= 4 is 11.4 Å². The molecule has 1 N–H and O–H groups in total. The van der Waals surface area contributed by atoms with E-state index in [1.54, 1.807) is 12.1 Å². The van der Waals surface area contributed by atoms with Crippen LogP contribution in [0.4, 0.5) is 11.4 Å². The highest BCUT2D eigenvalue weighted by atomic mass is 16.6. The minimum Gasteiger partial charge on any atom is -0.379 e. The number of nitro benzene ring substituents is 1. The summed E-state index contributed by atoms with van der Waals surface area (Å²) < 4.78 is 0. The third-order valence-corrected chi connectivity index (χ3v) is 3.89. The second-order valence-electron chi connectivity index (χ2n) is 4.68. The zero-order valence-corrected chi connectivity index (χ0v) is 8.98. The fourth-order valence-electron chi connectivity index (χ4n) is 2.80. The summed E-state index contributed by atoms with van der Waals surface area (Å²) in [5.41, 5.74) is 2.13. The maximum atomic E-state index is 10.9. The van der Waals surface area contributed by atoms with E-state index in [0.717, 1.165) is 23.7 Å². The SMILES string of the molecule is O=[N+]([O-])c1cccc2c1NCC2C1CCC1. The standard InChI is InChI=1S/C12H14N2O2/c15-14(16)11-6-2-5-9-10(7-13-12(9)11)8-3-1-4-8/h2,5-6,8,10,13H,1,3-4,7H2. The first-order valence-electron chi connectivity index (χ1n) is 5.78. The fourth-order valence-corrected chi connectivity index (χ4v) is 2.80. The van der Waals surface area contributed by atoms with E-state index in [4.69, 9.17) is 0 Å². The van der Waals surface area contributed by atoms with Gasteiger partial charge < -0.3 is 5.32 Å². The molecule has 0 saturated heterocycles. The van der Waals surface area contributed by atoms with Crippen LogP contribution in [-0.4, -0.2) is 11.5 Å². The van der Waals surface area contributed by atoms with Gasteiger partial charge in [0.1, 0.15) is 5.69 Å². The Morgan fingerprint density at radius 3 is 2.81 bits per heavy atom. The van der Waals surface area contributed by atoms with Crippen molar-refractivity contribution in [2.75, 3.05) is 11.9 Å². The molecule has 1 fully saturated rings. The van der Waals surface area contributed by atoms with Crippen molar-refractivity contribution in [1.82, 2.24) is 0 Å². The maximum absolute atomic E-state index is 10.9. The number of rotatable bonds is 2. The molecule has 1 aromatic carbocycles. The Balaban J connectivity index is 1.99. The number of nitrogens with one attached hydrogen (secondary N) is 1. The predicted molar refractivity (Wildman–Crippen MR) is 61.7 cm³/mol. The van der Waals surface area contributed by atoms with E-state index in [1.807, 2.05) is 6.07 Å². The average molecular weight is 218 g/mol. The van der Waals surface area contributed by atoms with Gasteiger partial charge in [-0.2, -0.15) is 0 Å². The van der Waals surface area contributed by atoms with E-state index < -0.39 is 0 Å². The van der Waals surface area contributed by atoms with E-state index in [1.165, 1.54) is 19.3 Å². The molecule has 84 valence electrons. The molecule has 0 radical (unpaired) electrons. The molecule has 16 heavy (non-hydrogen) atoms. The second kappa shape index (κ2) is 3.47. The maximum Gasteiger partial charge on any atom is 0.292 e. The molecule has 1 saturated carbocycles. The molecule has 0 spiro atoms. The lowest BCUT2D eigenvalue weighted by molar-refractivity contribution is -0.383. The summed E-state index contributed by atoms with van der Waals surface area (Å²) in [6, 6.07) is 5.41. The molecule has 4 heteroatoms. The number of nitro groups is 1. The smallest absolute Gasteiger partial charge is 0.292 e. The largest absolute Gasteiger partial charge is 0.379 e. The molecular weight excluding hydrogens is 204 g/mol. The Kier molecular flexibility index (Phi) is 2.09. The molecule has 1 aliphatic carbocycles. The van der Waals surface area contributed by atoms with E-state index >= 15 is 0 Å². The van der Waals surface area contributed by atoms with Crippen molar-refractivity contribution in [3.8, 4) is 0 Å². The third-order valence-electron chi connectivity index (χ3n) is 3.89. The molecule has 0 aromatic heterocycles. The van der Waals surface area contributed by atoms with Crippen LogP contribution in [0.5, 0.6) is 0 Å². The number of para-hydroxylation sites is 1. The molecule has 2 aliphatic rings. The molecule has 1 heterocycles.